The van der Waals surface area contributed by atoms with Crippen LogP contribution in [0.1, 0.15) is 53.9 Å². The number of aliphatic hydroxyl groups is 1. The van der Waals surface area contributed by atoms with Gasteiger partial charge in [-0.2, -0.15) is 0 Å². The van der Waals surface area contributed by atoms with Crippen molar-refractivity contribution in [3.05, 3.63) is 0 Å². The predicted molar refractivity (Wildman–Crippen MR) is 88.8 cm³/mol. The van der Waals surface area contributed by atoms with Gasteiger partial charge >= 0.3 is 23.9 Å². The molecular weight excluding hydrogens is 348 g/mol. The number of hydrogen-bond acceptors (Lipinski definition) is 9. The molecule has 0 aromatic heterocycles. The Kier molecular flexibility index (Phi) is 11.2. The molecule has 0 aliphatic rings. The van der Waals surface area contributed by atoms with Gasteiger partial charge in [-0.05, 0) is 34.1 Å². The molecule has 0 bridgehead atoms. The van der Waals surface area contributed by atoms with Crippen LogP contribution in [0.25, 0.3) is 0 Å². The smallest absolute Gasteiger partial charge is 0.347 e. The average Bonchev–Trinajstić information content (AvgIpc) is 2.57. The van der Waals surface area contributed by atoms with Crippen molar-refractivity contribution in [2.75, 3.05) is 6.61 Å². The maximum absolute atomic E-state index is 11.9. The van der Waals surface area contributed by atoms with E-state index < -0.39 is 48.3 Å². The van der Waals surface area contributed by atoms with E-state index in [2.05, 4.69) is 4.74 Å². The second kappa shape index (κ2) is 12.2. The quantitative estimate of drug-likeness (QED) is 0.318. The van der Waals surface area contributed by atoms with Crippen molar-refractivity contribution in [1.82, 2.24) is 0 Å². The Hall–Kier alpha value is -2.16. The Morgan fingerprint density at radius 3 is 1.58 bits per heavy atom. The second-order valence-electron chi connectivity index (χ2n) is 5.79. The molecule has 0 rings (SSSR count). The minimum Gasteiger partial charge on any atom is -0.463 e. The zero-order chi connectivity index (χ0) is 20.3. The fourth-order valence-electron chi connectivity index (χ4n) is 1.60. The molecular formula is C17H28O9. The number of rotatable bonds is 11. The summed E-state index contributed by atoms with van der Waals surface area (Å²) in [6.07, 6.45) is -2.53. The maximum atomic E-state index is 11.9. The van der Waals surface area contributed by atoms with E-state index in [9.17, 15) is 19.2 Å². The van der Waals surface area contributed by atoms with Crippen molar-refractivity contribution in [2.45, 2.75) is 78.3 Å². The molecule has 0 radical (unpaired) electrons. The summed E-state index contributed by atoms with van der Waals surface area (Å²) in [5.74, 6) is -3.61. The van der Waals surface area contributed by atoms with Gasteiger partial charge in [-0.3, -0.25) is 0 Å². The molecule has 4 atom stereocenters. The minimum absolute atomic E-state index is 0.241. The van der Waals surface area contributed by atoms with Crippen molar-refractivity contribution in [3.63, 3.8) is 0 Å². The van der Waals surface area contributed by atoms with Crippen LogP contribution in [0.15, 0.2) is 0 Å². The van der Waals surface area contributed by atoms with Gasteiger partial charge in [0.1, 0.15) is 6.10 Å². The lowest BCUT2D eigenvalue weighted by molar-refractivity contribution is -0.183. The highest BCUT2D eigenvalue weighted by Crippen LogP contribution is 2.06. The first-order valence-electron chi connectivity index (χ1n) is 8.56. The summed E-state index contributed by atoms with van der Waals surface area (Å²) in [7, 11) is 0. The highest BCUT2D eigenvalue weighted by atomic mass is 16.6. The highest BCUT2D eigenvalue weighted by molar-refractivity contribution is 5.85. The molecule has 0 saturated heterocycles. The molecule has 0 amide bonds. The number of esters is 4. The third-order valence-corrected chi connectivity index (χ3v) is 3.21. The second-order valence-corrected chi connectivity index (χ2v) is 5.79. The Morgan fingerprint density at radius 1 is 0.731 bits per heavy atom. The van der Waals surface area contributed by atoms with Gasteiger partial charge in [0.2, 0.25) is 0 Å². The molecule has 0 fully saturated rings. The Balaban J connectivity index is 4.34. The monoisotopic (exact) mass is 376 g/mol. The normalized spacial score (nSPS) is 15.2. The van der Waals surface area contributed by atoms with Crippen molar-refractivity contribution in [2.24, 2.45) is 0 Å². The van der Waals surface area contributed by atoms with Crippen LogP contribution in [0.2, 0.25) is 0 Å². The molecule has 0 spiro atoms. The SMILES string of the molecule is CCCCCOC(=O)C(C)OC(=O)C(C)OC(=O)C(C)OC(=O)C(C)O. The average molecular weight is 376 g/mol. The number of unbranched alkanes of at least 4 members (excludes halogenated alkanes) is 2. The van der Waals surface area contributed by atoms with Gasteiger partial charge in [0.15, 0.2) is 18.3 Å². The Morgan fingerprint density at radius 2 is 1.15 bits per heavy atom. The van der Waals surface area contributed by atoms with E-state index in [0.29, 0.717) is 0 Å². The fraction of sp³-hybridized carbons (Fsp3) is 0.765. The van der Waals surface area contributed by atoms with Crippen LogP contribution in [0.3, 0.4) is 0 Å². The predicted octanol–water partition coefficient (Wildman–Crippen LogP) is 0.896. The standard InChI is InChI=1S/C17H28O9/c1-6-7-8-9-23-15(20)11(3)25-17(22)13(5)26-16(21)12(4)24-14(19)10(2)18/h10-13,18H,6-9H2,1-5H3. The zero-order valence-electron chi connectivity index (χ0n) is 15.9. The van der Waals surface area contributed by atoms with Crippen LogP contribution >= 0.6 is 0 Å². The molecule has 9 nitrogen and oxygen atoms in total. The first-order valence-corrected chi connectivity index (χ1v) is 8.56. The fourth-order valence-corrected chi connectivity index (χ4v) is 1.60. The third kappa shape index (κ3) is 9.36. The largest absolute Gasteiger partial charge is 0.463 e. The molecule has 0 heterocycles. The van der Waals surface area contributed by atoms with Gasteiger partial charge in [0, 0.05) is 0 Å². The lowest BCUT2D eigenvalue weighted by atomic mass is 10.3. The van der Waals surface area contributed by atoms with E-state index in [-0.39, 0.29) is 6.61 Å². The van der Waals surface area contributed by atoms with E-state index in [1.807, 2.05) is 6.92 Å². The Labute approximate surface area is 152 Å². The molecule has 0 aromatic rings. The molecule has 0 aromatic carbocycles. The van der Waals surface area contributed by atoms with Crippen molar-refractivity contribution >= 4 is 23.9 Å². The highest BCUT2D eigenvalue weighted by Gasteiger charge is 2.29. The summed E-state index contributed by atoms with van der Waals surface area (Å²) in [5.41, 5.74) is 0. The number of ether oxygens (including phenoxy) is 4. The molecule has 26 heavy (non-hydrogen) atoms. The first-order chi connectivity index (χ1) is 12.1. The first kappa shape index (κ1) is 23.8. The van der Waals surface area contributed by atoms with Crippen molar-refractivity contribution in [3.8, 4) is 0 Å². The van der Waals surface area contributed by atoms with Crippen LogP contribution in [-0.4, -0.2) is 60.0 Å². The Bertz CT molecular complexity index is 487. The van der Waals surface area contributed by atoms with Crippen LogP contribution in [-0.2, 0) is 38.1 Å². The van der Waals surface area contributed by atoms with E-state index >= 15 is 0 Å². The maximum Gasteiger partial charge on any atom is 0.347 e. The molecule has 4 unspecified atom stereocenters. The van der Waals surface area contributed by atoms with E-state index in [1.54, 1.807) is 0 Å². The number of hydrogen-bond donors (Lipinski definition) is 1. The van der Waals surface area contributed by atoms with Crippen LogP contribution < -0.4 is 0 Å². The minimum atomic E-state index is -1.39. The number of carbonyl (C=O) groups is 4. The number of aliphatic hydroxyl groups excluding tert-OH is 1. The molecule has 9 heteroatoms. The summed E-state index contributed by atoms with van der Waals surface area (Å²) in [5, 5.41) is 9.02. The van der Waals surface area contributed by atoms with Gasteiger partial charge in [-0.1, -0.05) is 19.8 Å². The van der Waals surface area contributed by atoms with Crippen molar-refractivity contribution in [1.29, 1.82) is 0 Å². The zero-order valence-corrected chi connectivity index (χ0v) is 15.9. The van der Waals surface area contributed by atoms with Gasteiger partial charge in [0.05, 0.1) is 6.61 Å². The van der Waals surface area contributed by atoms with E-state index in [4.69, 9.17) is 19.3 Å². The number of carbonyl (C=O) groups excluding carboxylic acids is 4. The summed E-state index contributed by atoms with van der Waals surface area (Å²) in [4.78, 5) is 46.5. The molecule has 0 saturated carbocycles. The summed E-state index contributed by atoms with van der Waals surface area (Å²) >= 11 is 0. The van der Waals surface area contributed by atoms with Gasteiger partial charge < -0.3 is 24.1 Å². The van der Waals surface area contributed by atoms with E-state index in [0.717, 1.165) is 19.3 Å². The van der Waals surface area contributed by atoms with E-state index in [1.165, 1.54) is 27.7 Å². The van der Waals surface area contributed by atoms with Gasteiger partial charge in [0.25, 0.3) is 0 Å². The van der Waals surface area contributed by atoms with Crippen LogP contribution in [0, 0.1) is 0 Å². The molecule has 150 valence electrons. The van der Waals surface area contributed by atoms with Crippen molar-refractivity contribution < 1.29 is 43.2 Å². The van der Waals surface area contributed by atoms with Crippen LogP contribution in [0.5, 0.6) is 0 Å². The summed E-state index contributed by atoms with van der Waals surface area (Å²) in [6, 6.07) is 0. The molecule has 1 N–H and O–H groups in total. The third-order valence-electron chi connectivity index (χ3n) is 3.21. The van der Waals surface area contributed by atoms with Crippen LogP contribution in [0.4, 0.5) is 0 Å². The molecule has 0 aliphatic heterocycles. The lowest BCUT2D eigenvalue weighted by Crippen LogP contribution is -2.37. The topological polar surface area (TPSA) is 125 Å². The summed E-state index contributed by atoms with van der Waals surface area (Å²) < 4.78 is 19.3. The molecule has 0 aliphatic carbocycles. The van der Waals surface area contributed by atoms with Gasteiger partial charge in [-0.25, -0.2) is 19.2 Å². The summed E-state index contributed by atoms with van der Waals surface area (Å²) in [6.45, 7) is 7.27. The lowest BCUT2D eigenvalue weighted by Gasteiger charge is -2.18. The van der Waals surface area contributed by atoms with Gasteiger partial charge in [-0.15, -0.1) is 0 Å².